The van der Waals surface area contributed by atoms with Gasteiger partial charge in [0.05, 0.1) is 0 Å². The van der Waals surface area contributed by atoms with Crippen LogP contribution in [0.1, 0.15) is 90.2 Å². The minimum absolute atomic E-state index is 0.151. The fraction of sp³-hybridized carbons (Fsp3) is 0.538. The number of hydrogen-bond acceptors (Lipinski definition) is 0. The molecule has 0 aliphatic carbocycles. The van der Waals surface area contributed by atoms with Crippen molar-refractivity contribution in [3.8, 4) is 0 Å². The molecule has 2 atom stereocenters. The molecule has 0 bridgehead atoms. The zero-order chi connectivity index (χ0) is 18.9. The fourth-order valence-electron chi connectivity index (χ4n) is 4.53. The lowest BCUT2D eigenvalue weighted by Crippen LogP contribution is -2.45. The third-order valence-electron chi connectivity index (χ3n) is 6.60. The van der Waals surface area contributed by atoms with E-state index in [4.69, 9.17) is 0 Å². The molecule has 2 aromatic carbocycles. The van der Waals surface area contributed by atoms with Crippen molar-refractivity contribution in [1.29, 1.82) is 0 Å². The van der Waals surface area contributed by atoms with Crippen LogP contribution in [0.15, 0.2) is 60.7 Å². The van der Waals surface area contributed by atoms with Crippen LogP contribution in [0.25, 0.3) is 0 Å². The van der Waals surface area contributed by atoms with Gasteiger partial charge in [-0.25, -0.2) is 0 Å². The molecule has 0 heterocycles. The van der Waals surface area contributed by atoms with E-state index in [1.807, 2.05) is 0 Å². The molecule has 0 N–H and O–H groups in total. The lowest BCUT2D eigenvalue weighted by atomic mass is 9.55. The predicted molar refractivity (Wildman–Crippen MR) is 116 cm³/mol. The second kappa shape index (κ2) is 9.95. The number of hydrogen-bond donors (Lipinski definition) is 0. The first-order valence-electron chi connectivity index (χ1n) is 10.7. The van der Waals surface area contributed by atoms with Gasteiger partial charge in [-0.1, -0.05) is 127 Å². The third kappa shape index (κ3) is 4.58. The van der Waals surface area contributed by atoms with Crippen molar-refractivity contribution in [1.82, 2.24) is 0 Å². The Morgan fingerprint density at radius 3 is 1.38 bits per heavy atom. The molecule has 0 spiro atoms. The van der Waals surface area contributed by atoms with Gasteiger partial charge in [-0.2, -0.15) is 0 Å². The van der Waals surface area contributed by atoms with Crippen LogP contribution in [-0.4, -0.2) is 0 Å². The Balaban J connectivity index is 2.47. The monoisotopic (exact) mass is 350 g/mol. The lowest BCUT2D eigenvalue weighted by molar-refractivity contribution is 0.209. The Morgan fingerprint density at radius 1 is 0.538 bits per heavy atom. The molecule has 0 radical (unpaired) electrons. The Hall–Kier alpha value is -1.56. The van der Waals surface area contributed by atoms with E-state index in [1.54, 1.807) is 0 Å². The highest BCUT2D eigenvalue weighted by Gasteiger charge is 2.45. The average Bonchev–Trinajstić information content (AvgIpc) is 2.70. The summed E-state index contributed by atoms with van der Waals surface area (Å²) >= 11 is 0. The van der Waals surface area contributed by atoms with Gasteiger partial charge in [0.25, 0.3) is 0 Å². The molecule has 0 nitrogen and oxygen atoms in total. The smallest absolute Gasteiger partial charge is 0.00189 e. The number of rotatable bonds is 11. The maximum absolute atomic E-state index is 2.52. The van der Waals surface area contributed by atoms with Crippen LogP contribution in [0.2, 0.25) is 0 Å². The van der Waals surface area contributed by atoms with Crippen molar-refractivity contribution in [2.24, 2.45) is 0 Å². The normalized spacial score (nSPS) is 16.0. The molecule has 0 aromatic heterocycles. The summed E-state index contributed by atoms with van der Waals surface area (Å²) in [5.74, 6) is 0. The van der Waals surface area contributed by atoms with Gasteiger partial charge < -0.3 is 0 Å². The van der Waals surface area contributed by atoms with E-state index in [0.29, 0.717) is 0 Å². The van der Waals surface area contributed by atoms with E-state index in [1.165, 1.54) is 62.5 Å². The summed E-state index contributed by atoms with van der Waals surface area (Å²) in [6, 6.07) is 22.5. The second-order valence-corrected chi connectivity index (χ2v) is 8.31. The SMILES string of the molecule is CCCCCCC(C)(c1ccccc1)C(C)(CCCC)c1ccccc1. The molecular weight excluding hydrogens is 312 g/mol. The molecule has 0 amide bonds. The van der Waals surface area contributed by atoms with Crippen LogP contribution < -0.4 is 0 Å². The molecule has 0 saturated carbocycles. The number of benzene rings is 2. The predicted octanol–water partition coefficient (Wildman–Crippen LogP) is 8.06. The maximum atomic E-state index is 2.52. The Kier molecular flexibility index (Phi) is 7.94. The summed E-state index contributed by atoms with van der Waals surface area (Å²) in [6.07, 6.45) is 10.3. The van der Waals surface area contributed by atoms with Crippen LogP contribution >= 0.6 is 0 Å². The highest BCUT2D eigenvalue weighted by Crippen LogP contribution is 2.50. The molecule has 26 heavy (non-hydrogen) atoms. The second-order valence-electron chi connectivity index (χ2n) is 8.31. The van der Waals surface area contributed by atoms with E-state index in [0.717, 1.165) is 0 Å². The first-order chi connectivity index (χ1) is 12.6. The zero-order valence-corrected chi connectivity index (χ0v) is 17.4. The molecule has 142 valence electrons. The van der Waals surface area contributed by atoms with E-state index < -0.39 is 0 Å². The summed E-state index contributed by atoms with van der Waals surface area (Å²) < 4.78 is 0. The van der Waals surface area contributed by atoms with Crippen molar-refractivity contribution < 1.29 is 0 Å². The van der Waals surface area contributed by atoms with Gasteiger partial charge in [0.1, 0.15) is 0 Å². The topological polar surface area (TPSA) is 0 Å². The van der Waals surface area contributed by atoms with Crippen LogP contribution in [0.4, 0.5) is 0 Å². The highest BCUT2D eigenvalue weighted by atomic mass is 14.5. The minimum Gasteiger partial charge on any atom is -0.0654 e. The summed E-state index contributed by atoms with van der Waals surface area (Å²) in [6.45, 7) is 9.65. The van der Waals surface area contributed by atoms with Gasteiger partial charge in [0, 0.05) is 10.8 Å². The molecule has 0 aliphatic heterocycles. The van der Waals surface area contributed by atoms with Crippen molar-refractivity contribution in [3.05, 3.63) is 71.8 Å². The Morgan fingerprint density at radius 2 is 0.962 bits per heavy atom. The van der Waals surface area contributed by atoms with Crippen molar-refractivity contribution in [3.63, 3.8) is 0 Å². The van der Waals surface area contributed by atoms with E-state index >= 15 is 0 Å². The van der Waals surface area contributed by atoms with Crippen LogP contribution in [0.3, 0.4) is 0 Å². The third-order valence-corrected chi connectivity index (χ3v) is 6.60. The summed E-state index contributed by atoms with van der Waals surface area (Å²) in [4.78, 5) is 0. The fourth-order valence-corrected chi connectivity index (χ4v) is 4.53. The average molecular weight is 351 g/mol. The molecule has 0 aliphatic rings. The van der Waals surface area contributed by atoms with Gasteiger partial charge in [-0.3, -0.25) is 0 Å². The van der Waals surface area contributed by atoms with E-state index in [9.17, 15) is 0 Å². The van der Waals surface area contributed by atoms with Crippen LogP contribution in [0.5, 0.6) is 0 Å². The minimum atomic E-state index is 0.151. The van der Waals surface area contributed by atoms with Crippen LogP contribution in [0, 0.1) is 0 Å². The first kappa shape index (κ1) is 20.7. The summed E-state index contributed by atoms with van der Waals surface area (Å²) in [7, 11) is 0. The molecular formula is C26H38. The summed E-state index contributed by atoms with van der Waals surface area (Å²) in [5.41, 5.74) is 3.30. The molecule has 0 fully saturated rings. The van der Waals surface area contributed by atoms with Gasteiger partial charge >= 0.3 is 0 Å². The number of unbranched alkanes of at least 4 members (excludes halogenated alkanes) is 4. The zero-order valence-electron chi connectivity index (χ0n) is 17.4. The quantitative estimate of drug-likeness (QED) is 0.359. The molecule has 2 rings (SSSR count). The standard InChI is InChI=1S/C26H38/c1-5-7-9-16-22-26(4,24-19-14-11-15-20-24)25(3,21-8-6-2)23-17-12-10-13-18-23/h10-15,17-20H,5-9,16,21-22H2,1-4H3. The highest BCUT2D eigenvalue weighted by molar-refractivity contribution is 5.37. The van der Waals surface area contributed by atoms with Crippen molar-refractivity contribution in [2.75, 3.05) is 0 Å². The molecule has 2 aromatic rings. The van der Waals surface area contributed by atoms with E-state index in [-0.39, 0.29) is 10.8 Å². The lowest BCUT2D eigenvalue weighted by Gasteiger charge is -2.48. The first-order valence-corrected chi connectivity index (χ1v) is 10.7. The molecule has 2 unspecified atom stereocenters. The Bertz CT molecular complexity index is 615. The van der Waals surface area contributed by atoms with Gasteiger partial charge in [0.2, 0.25) is 0 Å². The van der Waals surface area contributed by atoms with Crippen molar-refractivity contribution in [2.45, 2.75) is 89.9 Å². The van der Waals surface area contributed by atoms with Gasteiger partial charge in [0.15, 0.2) is 0 Å². The summed E-state index contributed by atoms with van der Waals surface area (Å²) in [5, 5.41) is 0. The van der Waals surface area contributed by atoms with Crippen LogP contribution in [-0.2, 0) is 10.8 Å². The molecule has 0 saturated heterocycles. The Labute approximate surface area is 162 Å². The van der Waals surface area contributed by atoms with Crippen molar-refractivity contribution >= 4 is 0 Å². The van der Waals surface area contributed by atoms with Gasteiger partial charge in [-0.15, -0.1) is 0 Å². The maximum Gasteiger partial charge on any atom is 0.00189 e. The molecule has 0 heteroatoms. The van der Waals surface area contributed by atoms with Gasteiger partial charge in [-0.05, 0) is 24.0 Å². The van der Waals surface area contributed by atoms with E-state index in [2.05, 4.69) is 88.4 Å². The largest absolute Gasteiger partial charge is 0.0654 e.